The van der Waals surface area contributed by atoms with Gasteiger partial charge in [0.1, 0.15) is 5.75 Å². The van der Waals surface area contributed by atoms with E-state index in [2.05, 4.69) is 0 Å². The Hall–Kier alpha value is -1.02. The minimum atomic E-state index is -0.333. The maximum Gasteiger partial charge on any atom is 0.308 e. The van der Waals surface area contributed by atoms with Crippen LogP contribution in [-0.2, 0) is 4.79 Å². The Morgan fingerprint density at radius 2 is 2.17 bits per heavy atom. The lowest BCUT2D eigenvalue weighted by Gasteiger charge is -2.04. The van der Waals surface area contributed by atoms with Gasteiger partial charge in [0.25, 0.3) is 0 Å². The van der Waals surface area contributed by atoms with E-state index < -0.39 is 0 Å². The van der Waals surface area contributed by atoms with E-state index in [-0.39, 0.29) is 5.97 Å². The second-order valence-electron chi connectivity index (χ2n) is 2.50. The first-order valence-corrected chi connectivity index (χ1v) is 3.92. The van der Waals surface area contributed by atoms with Crippen LogP contribution < -0.4 is 4.74 Å². The molecule has 1 aromatic carbocycles. The second-order valence-corrected chi connectivity index (χ2v) is 2.94. The van der Waals surface area contributed by atoms with Gasteiger partial charge >= 0.3 is 5.97 Å². The third-order valence-electron chi connectivity index (χ3n) is 1.40. The highest BCUT2D eigenvalue weighted by atomic mass is 35.5. The Morgan fingerprint density at radius 1 is 1.50 bits per heavy atom. The molecule has 0 amide bonds. The van der Waals surface area contributed by atoms with Crippen LogP contribution in [-0.4, -0.2) is 5.97 Å². The minimum absolute atomic E-state index is 0.333. The summed E-state index contributed by atoms with van der Waals surface area (Å²) >= 11 is 5.71. The van der Waals surface area contributed by atoms with Crippen molar-refractivity contribution in [1.82, 2.24) is 0 Å². The molecule has 1 rings (SSSR count). The Kier molecular flexibility index (Phi) is 2.71. The van der Waals surface area contributed by atoms with Gasteiger partial charge in [-0.2, -0.15) is 0 Å². The van der Waals surface area contributed by atoms with Crippen molar-refractivity contribution in [3.63, 3.8) is 0 Å². The van der Waals surface area contributed by atoms with E-state index in [1.807, 2.05) is 6.92 Å². The minimum Gasteiger partial charge on any atom is -0.426 e. The van der Waals surface area contributed by atoms with Crippen LogP contribution in [0.2, 0.25) is 5.02 Å². The second kappa shape index (κ2) is 3.59. The molecule has 64 valence electrons. The number of esters is 1. The lowest BCUT2D eigenvalue weighted by Crippen LogP contribution is -2.02. The normalized spacial score (nSPS) is 9.58. The molecule has 0 aliphatic heterocycles. The smallest absolute Gasteiger partial charge is 0.308 e. The topological polar surface area (TPSA) is 26.3 Å². The summed E-state index contributed by atoms with van der Waals surface area (Å²) in [4.78, 5) is 10.6. The Bertz CT molecular complexity index is 307. The summed E-state index contributed by atoms with van der Waals surface area (Å²) in [7, 11) is 0. The molecule has 0 saturated carbocycles. The van der Waals surface area contributed by atoms with Crippen LogP contribution in [0, 0.1) is 6.92 Å². The van der Waals surface area contributed by atoms with E-state index >= 15 is 0 Å². The van der Waals surface area contributed by atoms with Gasteiger partial charge in [0.05, 0.1) is 0 Å². The molecule has 1 aromatic rings. The zero-order chi connectivity index (χ0) is 9.14. The van der Waals surface area contributed by atoms with Crippen LogP contribution in [0.4, 0.5) is 0 Å². The molecule has 3 heteroatoms. The molecule has 12 heavy (non-hydrogen) atoms. The van der Waals surface area contributed by atoms with E-state index in [4.69, 9.17) is 16.3 Å². The first kappa shape index (κ1) is 9.07. The molecule has 0 unspecified atom stereocenters. The van der Waals surface area contributed by atoms with Crippen molar-refractivity contribution in [3.8, 4) is 5.75 Å². The van der Waals surface area contributed by atoms with E-state index in [9.17, 15) is 4.79 Å². The molecule has 0 bridgehead atoms. The molecular formula is C9H9ClO2. The van der Waals surface area contributed by atoms with Gasteiger partial charge < -0.3 is 4.74 Å². The third kappa shape index (κ3) is 2.24. The molecule has 0 aliphatic rings. The van der Waals surface area contributed by atoms with Crippen molar-refractivity contribution in [2.45, 2.75) is 13.8 Å². The number of halogens is 1. The number of carbonyl (C=O) groups excluding carboxylic acids is 1. The molecule has 0 spiro atoms. The fraction of sp³-hybridized carbons (Fsp3) is 0.222. The van der Waals surface area contributed by atoms with Crippen molar-refractivity contribution < 1.29 is 9.53 Å². The molecule has 0 heterocycles. The van der Waals surface area contributed by atoms with Gasteiger partial charge in [-0.1, -0.05) is 17.7 Å². The molecular weight excluding hydrogens is 176 g/mol. The third-order valence-corrected chi connectivity index (χ3v) is 1.64. The monoisotopic (exact) mass is 184 g/mol. The average Bonchev–Trinajstić information content (AvgIpc) is 1.96. The summed E-state index contributed by atoms with van der Waals surface area (Å²) in [5.74, 6) is 0.190. The summed E-state index contributed by atoms with van der Waals surface area (Å²) in [6.45, 7) is 3.22. The largest absolute Gasteiger partial charge is 0.426 e. The Labute approximate surface area is 76.1 Å². The van der Waals surface area contributed by atoms with E-state index in [1.54, 1.807) is 18.2 Å². The van der Waals surface area contributed by atoms with Gasteiger partial charge in [-0.3, -0.25) is 4.79 Å². The van der Waals surface area contributed by atoms with E-state index in [0.717, 1.165) is 5.56 Å². The van der Waals surface area contributed by atoms with Crippen molar-refractivity contribution >= 4 is 17.6 Å². The fourth-order valence-corrected chi connectivity index (χ4v) is 1.00. The summed E-state index contributed by atoms with van der Waals surface area (Å²) in [5.41, 5.74) is 0.898. The molecule has 0 fully saturated rings. The maximum absolute atomic E-state index is 10.6. The van der Waals surface area contributed by atoms with Crippen LogP contribution in [0.3, 0.4) is 0 Å². The molecule has 0 atom stereocenters. The Morgan fingerprint density at radius 3 is 2.75 bits per heavy atom. The molecule has 0 aromatic heterocycles. The van der Waals surface area contributed by atoms with Gasteiger partial charge in [0, 0.05) is 11.9 Å². The summed E-state index contributed by atoms with van der Waals surface area (Å²) in [6, 6.07) is 5.18. The number of benzene rings is 1. The quantitative estimate of drug-likeness (QED) is 0.495. The average molecular weight is 185 g/mol. The highest BCUT2D eigenvalue weighted by molar-refractivity contribution is 6.30. The highest BCUT2D eigenvalue weighted by Gasteiger charge is 2.02. The number of hydrogen-bond donors (Lipinski definition) is 0. The fourth-order valence-electron chi connectivity index (χ4n) is 0.839. The zero-order valence-corrected chi connectivity index (χ0v) is 7.68. The van der Waals surface area contributed by atoms with Crippen LogP contribution in [0.5, 0.6) is 5.75 Å². The van der Waals surface area contributed by atoms with Crippen LogP contribution in [0.25, 0.3) is 0 Å². The lowest BCUT2D eigenvalue weighted by molar-refractivity contribution is -0.131. The van der Waals surface area contributed by atoms with Crippen molar-refractivity contribution in [2.75, 3.05) is 0 Å². The van der Waals surface area contributed by atoms with Crippen LogP contribution >= 0.6 is 11.6 Å². The first-order chi connectivity index (χ1) is 5.59. The van der Waals surface area contributed by atoms with Gasteiger partial charge in [-0.05, 0) is 24.6 Å². The van der Waals surface area contributed by atoms with Gasteiger partial charge in [-0.15, -0.1) is 0 Å². The predicted molar refractivity (Wildman–Crippen MR) is 47.5 cm³/mol. The van der Waals surface area contributed by atoms with Crippen LogP contribution in [0.1, 0.15) is 12.5 Å². The highest BCUT2D eigenvalue weighted by Crippen LogP contribution is 2.22. The number of carbonyl (C=O) groups is 1. The number of ether oxygens (including phenoxy) is 1. The lowest BCUT2D eigenvalue weighted by atomic mass is 10.2. The number of hydrogen-bond acceptors (Lipinski definition) is 2. The summed E-state index contributed by atoms with van der Waals surface area (Å²) in [5, 5.41) is 0.567. The first-order valence-electron chi connectivity index (χ1n) is 3.54. The molecule has 0 radical (unpaired) electrons. The molecule has 2 nitrogen and oxygen atoms in total. The maximum atomic E-state index is 10.6. The van der Waals surface area contributed by atoms with E-state index in [1.165, 1.54) is 6.92 Å². The molecule has 0 aliphatic carbocycles. The van der Waals surface area contributed by atoms with Crippen molar-refractivity contribution in [1.29, 1.82) is 0 Å². The van der Waals surface area contributed by atoms with E-state index in [0.29, 0.717) is 10.8 Å². The molecule has 0 N–H and O–H groups in total. The number of rotatable bonds is 1. The van der Waals surface area contributed by atoms with Gasteiger partial charge in [-0.25, -0.2) is 0 Å². The van der Waals surface area contributed by atoms with Crippen LogP contribution in [0.15, 0.2) is 18.2 Å². The SMILES string of the molecule is CC(=O)Oc1cc(Cl)ccc1C. The summed E-state index contributed by atoms with van der Waals surface area (Å²) in [6.07, 6.45) is 0. The van der Waals surface area contributed by atoms with Crippen molar-refractivity contribution in [3.05, 3.63) is 28.8 Å². The molecule has 0 saturated heterocycles. The predicted octanol–water partition coefficient (Wildman–Crippen LogP) is 2.57. The van der Waals surface area contributed by atoms with Crippen molar-refractivity contribution in [2.24, 2.45) is 0 Å². The zero-order valence-electron chi connectivity index (χ0n) is 6.93. The Balaban J connectivity index is 2.97. The number of aryl methyl sites for hydroxylation is 1. The summed E-state index contributed by atoms with van der Waals surface area (Å²) < 4.78 is 4.90. The van der Waals surface area contributed by atoms with Gasteiger partial charge in [0.15, 0.2) is 0 Å². The van der Waals surface area contributed by atoms with Gasteiger partial charge in [0.2, 0.25) is 0 Å². The standard InChI is InChI=1S/C9H9ClO2/c1-6-3-4-8(10)5-9(6)12-7(2)11/h3-5H,1-2H3.